The number of fused-ring (bicyclic) bond motifs is 1. The molecule has 0 unspecified atom stereocenters. The molecular formula is C23H26FN3O3. The molecule has 2 N–H and O–H groups in total. The van der Waals surface area contributed by atoms with Crippen molar-refractivity contribution >= 4 is 17.1 Å². The molecule has 0 saturated heterocycles. The normalized spacial score (nSPS) is 18.7. The van der Waals surface area contributed by atoms with Gasteiger partial charge < -0.3 is 19.8 Å². The first-order chi connectivity index (χ1) is 14.4. The van der Waals surface area contributed by atoms with Crippen LogP contribution in [0.15, 0.2) is 36.7 Å². The highest BCUT2D eigenvalue weighted by Gasteiger charge is 2.29. The summed E-state index contributed by atoms with van der Waals surface area (Å²) in [4.78, 5) is 19.6. The van der Waals surface area contributed by atoms with Gasteiger partial charge in [0, 0.05) is 29.4 Å². The summed E-state index contributed by atoms with van der Waals surface area (Å²) in [5.41, 5.74) is 3.51. The molecule has 2 heterocycles. The molecule has 0 radical (unpaired) electrons. The van der Waals surface area contributed by atoms with Crippen LogP contribution >= 0.6 is 0 Å². The molecule has 4 rings (SSSR count). The molecule has 2 aromatic heterocycles. The molecule has 1 aliphatic carbocycles. The van der Waals surface area contributed by atoms with Gasteiger partial charge in [0.1, 0.15) is 11.8 Å². The number of carbonyl (C=O) groups is 1. The van der Waals surface area contributed by atoms with E-state index in [0.717, 1.165) is 47.0 Å². The molecule has 1 aliphatic rings. The smallest absolute Gasteiger partial charge is 0.407 e. The second kappa shape index (κ2) is 8.34. The van der Waals surface area contributed by atoms with Gasteiger partial charge in [0.2, 0.25) is 0 Å². The van der Waals surface area contributed by atoms with E-state index < -0.39 is 5.82 Å². The number of ether oxygens (including phenoxy) is 2. The summed E-state index contributed by atoms with van der Waals surface area (Å²) in [6, 6.07) is 7.10. The minimum atomic E-state index is -0.399. The second-order valence-corrected chi connectivity index (χ2v) is 8.05. The van der Waals surface area contributed by atoms with Gasteiger partial charge in [-0.05, 0) is 68.4 Å². The monoisotopic (exact) mass is 411 g/mol. The Hall–Kier alpha value is -3.09. The van der Waals surface area contributed by atoms with Crippen molar-refractivity contribution in [2.45, 2.75) is 51.2 Å². The van der Waals surface area contributed by atoms with Crippen LogP contribution in [0.25, 0.3) is 22.2 Å². The van der Waals surface area contributed by atoms with Gasteiger partial charge in [0.15, 0.2) is 11.6 Å². The summed E-state index contributed by atoms with van der Waals surface area (Å²) >= 11 is 0. The quantitative estimate of drug-likeness (QED) is 0.609. The number of aromatic amines is 1. The number of nitrogens with zero attached hydrogens (tertiary/aromatic N) is 1. The maximum Gasteiger partial charge on any atom is 0.407 e. The Morgan fingerprint density at radius 3 is 2.87 bits per heavy atom. The molecule has 7 heteroatoms. The molecule has 0 spiro atoms. The van der Waals surface area contributed by atoms with Crippen LogP contribution in [-0.2, 0) is 4.74 Å². The van der Waals surface area contributed by atoms with Crippen LogP contribution in [0.4, 0.5) is 9.18 Å². The van der Waals surface area contributed by atoms with Crippen LogP contribution in [0.5, 0.6) is 5.75 Å². The molecule has 2 atom stereocenters. The number of H-pyrrole nitrogens is 1. The fourth-order valence-electron chi connectivity index (χ4n) is 4.09. The molecule has 158 valence electrons. The number of alkyl carbamates (subject to hydrolysis) is 1. The average Bonchev–Trinajstić information content (AvgIpc) is 3.33. The van der Waals surface area contributed by atoms with Crippen LogP contribution in [0.2, 0.25) is 0 Å². The number of nitrogens with one attached hydrogen (secondary N) is 2. The van der Waals surface area contributed by atoms with Gasteiger partial charge in [-0.3, -0.25) is 0 Å². The van der Waals surface area contributed by atoms with Gasteiger partial charge in [-0.25, -0.2) is 14.2 Å². The van der Waals surface area contributed by atoms with Gasteiger partial charge in [-0.15, -0.1) is 0 Å². The van der Waals surface area contributed by atoms with Crippen molar-refractivity contribution < 1.29 is 18.7 Å². The van der Waals surface area contributed by atoms with Crippen molar-refractivity contribution in [3.8, 4) is 16.9 Å². The largest absolute Gasteiger partial charge is 0.494 e. The number of benzene rings is 1. The summed E-state index contributed by atoms with van der Waals surface area (Å²) in [6.45, 7) is 3.81. The molecule has 0 bridgehead atoms. The molecule has 6 nitrogen and oxygen atoms in total. The van der Waals surface area contributed by atoms with E-state index in [1.807, 2.05) is 32.3 Å². The van der Waals surface area contributed by atoms with E-state index in [1.54, 1.807) is 6.07 Å². The molecule has 1 saturated carbocycles. The molecule has 1 fully saturated rings. The van der Waals surface area contributed by atoms with Crippen molar-refractivity contribution in [3.05, 3.63) is 48.0 Å². The SMILES string of the molecule is COc1ccc(-c2c[nH]c3ncc([C@H]4CC[C@@H](OC(=O)NC(C)C)C4)cc23)cc1F. The molecular weight excluding hydrogens is 385 g/mol. The summed E-state index contributed by atoms with van der Waals surface area (Å²) in [5, 5.41) is 3.71. The Bertz CT molecular complexity index is 1060. The predicted octanol–water partition coefficient (Wildman–Crippen LogP) is 5.15. The lowest BCUT2D eigenvalue weighted by Gasteiger charge is -2.15. The van der Waals surface area contributed by atoms with Crippen LogP contribution < -0.4 is 10.1 Å². The van der Waals surface area contributed by atoms with Gasteiger partial charge in [0.05, 0.1) is 7.11 Å². The zero-order chi connectivity index (χ0) is 21.3. The Morgan fingerprint density at radius 1 is 1.30 bits per heavy atom. The van der Waals surface area contributed by atoms with E-state index >= 15 is 0 Å². The first-order valence-corrected chi connectivity index (χ1v) is 10.2. The third kappa shape index (κ3) is 4.10. The third-order valence-corrected chi connectivity index (χ3v) is 5.55. The fraction of sp³-hybridized carbons (Fsp3) is 0.391. The summed E-state index contributed by atoms with van der Waals surface area (Å²) in [7, 11) is 1.45. The number of halogens is 1. The summed E-state index contributed by atoms with van der Waals surface area (Å²) in [6.07, 6.45) is 5.80. The summed E-state index contributed by atoms with van der Waals surface area (Å²) in [5.74, 6) is 0.0916. The predicted molar refractivity (Wildman–Crippen MR) is 113 cm³/mol. The van der Waals surface area contributed by atoms with Crippen LogP contribution in [0.1, 0.15) is 44.6 Å². The van der Waals surface area contributed by atoms with E-state index in [9.17, 15) is 9.18 Å². The highest BCUT2D eigenvalue weighted by molar-refractivity contribution is 5.94. The van der Waals surface area contributed by atoms with Crippen molar-refractivity contribution in [1.29, 1.82) is 0 Å². The standard InChI is InChI=1S/C23H26FN3O3/c1-13(2)27-23(28)30-17-6-4-14(8-17)16-9-18-19(12-26-22(18)25-11-16)15-5-7-21(29-3)20(24)10-15/h5,7,9-14,17H,4,6,8H2,1-3H3,(H,25,26)(H,27,28)/t14-,17+/m0/s1. The zero-order valence-corrected chi connectivity index (χ0v) is 17.4. The number of amides is 1. The maximum absolute atomic E-state index is 14.2. The molecule has 1 amide bonds. The highest BCUT2D eigenvalue weighted by Crippen LogP contribution is 2.38. The fourth-order valence-corrected chi connectivity index (χ4v) is 4.09. The number of hydrogen-bond donors (Lipinski definition) is 2. The van der Waals surface area contributed by atoms with E-state index in [4.69, 9.17) is 9.47 Å². The Kier molecular flexibility index (Phi) is 5.61. The first kappa shape index (κ1) is 20.2. The zero-order valence-electron chi connectivity index (χ0n) is 17.4. The van der Waals surface area contributed by atoms with Crippen molar-refractivity contribution in [2.24, 2.45) is 0 Å². The van der Waals surface area contributed by atoms with Crippen LogP contribution in [0.3, 0.4) is 0 Å². The Balaban J connectivity index is 1.55. The van der Waals surface area contributed by atoms with Crippen molar-refractivity contribution in [1.82, 2.24) is 15.3 Å². The average molecular weight is 411 g/mol. The van der Waals surface area contributed by atoms with Crippen molar-refractivity contribution in [2.75, 3.05) is 7.11 Å². The number of hydrogen-bond acceptors (Lipinski definition) is 4. The molecule has 1 aromatic carbocycles. The van der Waals surface area contributed by atoms with Crippen LogP contribution in [-0.4, -0.2) is 35.3 Å². The maximum atomic E-state index is 14.2. The number of methoxy groups -OCH3 is 1. The molecule has 3 aromatic rings. The van der Waals surface area contributed by atoms with E-state index in [1.165, 1.54) is 13.2 Å². The van der Waals surface area contributed by atoms with Gasteiger partial charge in [-0.1, -0.05) is 6.07 Å². The third-order valence-electron chi connectivity index (χ3n) is 5.55. The van der Waals surface area contributed by atoms with Gasteiger partial charge in [-0.2, -0.15) is 0 Å². The number of aromatic nitrogens is 2. The lowest BCUT2D eigenvalue weighted by Crippen LogP contribution is -2.33. The number of carbonyl (C=O) groups excluding carboxylic acids is 1. The lowest BCUT2D eigenvalue weighted by molar-refractivity contribution is 0.0982. The Morgan fingerprint density at radius 2 is 2.13 bits per heavy atom. The van der Waals surface area contributed by atoms with E-state index in [2.05, 4.69) is 21.4 Å². The Labute approximate surface area is 174 Å². The molecule has 30 heavy (non-hydrogen) atoms. The first-order valence-electron chi connectivity index (χ1n) is 10.2. The molecule has 0 aliphatic heterocycles. The van der Waals surface area contributed by atoms with Crippen molar-refractivity contribution in [3.63, 3.8) is 0 Å². The van der Waals surface area contributed by atoms with Gasteiger partial charge >= 0.3 is 6.09 Å². The van der Waals surface area contributed by atoms with E-state index in [-0.39, 0.29) is 29.9 Å². The lowest BCUT2D eigenvalue weighted by atomic mass is 9.97. The topological polar surface area (TPSA) is 76.2 Å². The minimum Gasteiger partial charge on any atom is -0.494 e. The summed E-state index contributed by atoms with van der Waals surface area (Å²) < 4.78 is 24.8. The minimum absolute atomic E-state index is 0.0520. The highest BCUT2D eigenvalue weighted by atomic mass is 19.1. The number of pyridine rings is 1. The van der Waals surface area contributed by atoms with Crippen LogP contribution in [0, 0.1) is 5.82 Å². The van der Waals surface area contributed by atoms with E-state index in [0.29, 0.717) is 0 Å². The second-order valence-electron chi connectivity index (χ2n) is 8.05. The van der Waals surface area contributed by atoms with Gasteiger partial charge in [0.25, 0.3) is 0 Å². The number of rotatable bonds is 5.